The third-order valence-electron chi connectivity index (χ3n) is 5.30. The molecule has 0 radical (unpaired) electrons. The fourth-order valence-electron chi connectivity index (χ4n) is 4.13. The molecule has 0 saturated heterocycles. The molecule has 0 spiro atoms. The third kappa shape index (κ3) is 3.58. The number of benzene rings is 1. The number of carbonyl (C=O) groups is 1. The maximum Gasteiger partial charge on any atom is 0.408 e. The van der Waals surface area contributed by atoms with Gasteiger partial charge in [0, 0.05) is 23.7 Å². The molecule has 7 heteroatoms. The molecule has 0 fully saturated rings. The number of nitrogens with zero attached hydrogens (tertiary/aromatic N) is 2. The van der Waals surface area contributed by atoms with Gasteiger partial charge in [0.2, 0.25) is 0 Å². The van der Waals surface area contributed by atoms with E-state index in [-0.39, 0.29) is 5.56 Å². The van der Waals surface area contributed by atoms with Crippen LogP contribution in [0.5, 0.6) is 0 Å². The zero-order valence-electron chi connectivity index (χ0n) is 16.2. The molecule has 5 nitrogen and oxygen atoms in total. The number of pyridine rings is 1. The highest BCUT2D eigenvalue weighted by Gasteiger charge is 2.43. The summed E-state index contributed by atoms with van der Waals surface area (Å²) in [7, 11) is 0. The van der Waals surface area contributed by atoms with Gasteiger partial charge in [0.05, 0.1) is 11.7 Å². The zero-order chi connectivity index (χ0) is 20.6. The number of hydrogen-bond donors (Lipinski definition) is 2. The Bertz CT molecular complexity index is 882. The van der Waals surface area contributed by atoms with Gasteiger partial charge in [-0.05, 0) is 56.9 Å². The van der Waals surface area contributed by atoms with Crippen LogP contribution in [0.25, 0.3) is 0 Å². The van der Waals surface area contributed by atoms with Crippen LogP contribution in [0, 0.1) is 11.6 Å². The van der Waals surface area contributed by atoms with Crippen molar-refractivity contribution in [2.75, 3.05) is 0 Å². The van der Waals surface area contributed by atoms with Crippen molar-refractivity contribution in [2.24, 2.45) is 5.73 Å². The normalized spacial score (nSPS) is 22.3. The molecule has 0 bridgehead atoms. The summed E-state index contributed by atoms with van der Waals surface area (Å²) in [4.78, 5) is 18.0. The molecule has 1 heterocycles. The molecule has 2 aromatic rings. The van der Waals surface area contributed by atoms with Gasteiger partial charge in [0.15, 0.2) is 11.6 Å². The molecule has 3 N–H and O–H groups in total. The SMILES string of the molecule is CC(C)(C)N(C(=O)O)[C@@H]1c2cccnc2[C@H](N)CC[C@H]1c1cccc(F)c1F. The molecule has 1 aliphatic carbocycles. The summed E-state index contributed by atoms with van der Waals surface area (Å²) in [6.07, 6.45) is 1.37. The van der Waals surface area contributed by atoms with E-state index in [0.717, 1.165) is 6.07 Å². The van der Waals surface area contributed by atoms with Crippen LogP contribution in [-0.4, -0.2) is 26.6 Å². The summed E-state index contributed by atoms with van der Waals surface area (Å²) >= 11 is 0. The van der Waals surface area contributed by atoms with Gasteiger partial charge in [0.1, 0.15) is 0 Å². The van der Waals surface area contributed by atoms with Crippen LogP contribution >= 0.6 is 0 Å². The quantitative estimate of drug-likeness (QED) is 0.726. The summed E-state index contributed by atoms with van der Waals surface area (Å²) in [5, 5.41) is 10.0. The van der Waals surface area contributed by atoms with E-state index in [2.05, 4.69) is 4.98 Å². The van der Waals surface area contributed by atoms with Crippen LogP contribution in [0.15, 0.2) is 36.5 Å². The largest absolute Gasteiger partial charge is 0.465 e. The minimum absolute atomic E-state index is 0.157. The smallest absolute Gasteiger partial charge is 0.408 e. The lowest BCUT2D eigenvalue weighted by atomic mass is 9.82. The summed E-state index contributed by atoms with van der Waals surface area (Å²) in [5.41, 5.74) is 6.92. The molecule has 1 aromatic carbocycles. The lowest BCUT2D eigenvalue weighted by Gasteiger charge is -2.43. The standard InChI is InChI=1S/C21H25F2N3O2/c1-21(2,3)26(20(27)28)19-13(12-6-4-8-15(22)17(12)23)9-10-16(24)18-14(19)7-5-11-25-18/h4-8,11,13,16,19H,9-10,24H2,1-3H3,(H,27,28)/t13-,16+,19-/m0/s1. The Balaban J connectivity index is 2.28. The van der Waals surface area contributed by atoms with E-state index >= 15 is 0 Å². The van der Waals surface area contributed by atoms with Crippen molar-refractivity contribution in [2.45, 2.75) is 57.2 Å². The molecule has 1 aromatic heterocycles. The molecule has 3 atom stereocenters. The molecule has 1 amide bonds. The van der Waals surface area contributed by atoms with Gasteiger partial charge in [-0.1, -0.05) is 18.2 Å². The summed E-state index contributed by atoms with van der Waals surface area (Å²) in [5.74, 6) is -2.49. The highest BCUT2D eigenvalue weighted by Crippen LogP contribution is 2.47. The van der Waals surface area contributed by atoms with Crippen molar-refractivity contribution < 1.29 is 18.7 Å². The average Bonchev–Trinajstić information content (AvgIpc) is 2.75. The van der Waals surface area contributed by atoms with E-state index < -0.39 is 41.3 Å². The Labute approximate surface area is 163 Å². The second-order valence-electron chi connectivity index (χ2n) is 8.18. The minimum atomic E-state index is -1.13. The van der Waals surface area contributed by atoms with E-state index in [9.17, 15) is 18.7 Å². The second kappa shape index (κ2) is 7.47. The van der Waals surface area contributed by atoms with Crippen LogP contribution in [0.4, 0.5) is 13.6 Å². The predicted molar refractivity (Wildman–Crippen MR) is 102 cm³/mol. The highest BCUT2D eigenvalue weighted by atomic mass is 19.2. The Morgan fingerprint density at radius 2 is 1.86 bits per heavy atom. The van der Waals surface area contributed by atoms with Crippen molar-refractivity contribution >= 4 is 6.09 Å². The van der Waals surface area contributed by atoms with Crippen LogP contribution in [-0.2, 0) is 0 Å². The molecule has 3 rings (SSSR count). The van der Waals surface area contributed by atoms with Crippen LogP contribution < -0.4 is 5.73 Å². The third-order valence-corrected chi connectivity index (χ3v) is 5.30. The summed E-state index contributed by atoms with van der Waals surface area (Å²) in [6, 6.07) is 6.37. The van der Waals surface area contributed by atoms with Crippen molar-refractivity contribution in [1.29, 1.82) is 0 Å². The van der Waals surface area contributed by atoms with Crippen LogP contribution in [0.2, 0.25) is 0 Å². The zero-order valence-corrected chi connectivity index (χ0v) is 16.2. The lowest BCUT2D eigenvalue weighted by Crippen LogP contribution is -2.49. The van der Waals surface area contributed by atoms with Crippen molar-refractivity contribution in [3.8, 4) is 0 Å². The van der Waals surface area contributed by atoms with Gasteiger partial charge in [-0.15, -0.1) is 0 Å². The number of amides is 1. The summed E-state index contributed by atoms with van der Waals surface area (Å²) < 4.78 is 28.7. The number of carboxylic acid groups (broad SMARTS) is 1. The summed E-state index contributed by atoms with van der Waals surface area (Å²) in [6.45, 7) is 5.34. The first-order valence-corrected chi connectivity index (χ1v) is 9.29. The van der Waals surface area contributed by atoms with Gasteiger partial charge < -0.3 is 10.8 Å². The Morgan fingerprint density at radius 3 is 2.50 bits per heavy atom. The fourth-order valence-corrected chi connectivity index (χ4v) is 4.13. The van der Waals surface area contributed by atoms with Gasteiger partial charge in [0.25, 0.3) is 0 Å². The first-order chi connectivity index (χ1) is 13.1. The molecule has 1 aliphatic rings. The number of rotatable bonds is 2. The highest BCUT2D eigenvalue weighted by molar-refractivity contribution is 5.67. The molecule has 150 valence electrons. The molecule has 0 aliphatic heterocycles. The van der Waals surface area contributed by atoms with Gasteiger partial charge in [-0.2, -0.15) is 0 Å². The van der Waals surface area contributed by atoms with Gasteiger partial charge >= 0.3 is 6.09 Å². The minimum Gasteiger partial charge on any atom is -0.465 e. The number of fused-ring (bicyclic) bond motifs is 1. The number of halogens is 2. The monoisotopic (exact) mass is 389 g/mol. The van der Waals surface area contributed by atoms with Crippen LogP contribution in [0.1, 0.15) is 68.4 Å². The lowest BCUT2D eigenvalue weighted by molar-refractivity contribution is 0.0585. The Morgan fingerprint density at radius 1 is 1.18 bits per heavy atom. The molecule has 0 saturated carbocycles. The van der Waals surface area contributed by atoms with E-state index in [1.54, 1.807) is 39.1 Å². The van der Waals surface area contributed by atoms with Crippen LogP contribution in [0.3, 0.4) is 0 Å². The maximum absolute atomic E-state index is 14.7. The van der Waals surface area contributed by atoms with E-state index in [1.807, 2.05) is 0 Å². The van der Waals surface area contributed by atoms with Gasteiger partial charge in [-0.25, -0.2) is 13.6 Å². The second-order valence-corrected chi connectivity index (χ2v) is 8.18. The van der Waals surface area contributed by atoms with Crippen molar-refractivity contribution in [1.82, 2.24) is 9.88 Å². The number of hydrogen-bond acceptors (Lipinski definition) is 3. The van der Waals surface area contributed by atoms with Crippen molar-refractivity contribution in [3.05, 3.63) is 65.0 Å². The Kier molecular flexibility index (Phi) is 5.39. The maximum atomic E-state index is 14.7. The van der Waals surface area contributed by atoms with Crippen molar-refractivity contribution in [3.63, 3.8) is 0 Å². The Hall–Kier alpha value is -2.54. The average molecular weight is 389 g/mol. The predicted octanol–water partition coefficient (Wildman–Crippen LogP) is 4.76. The van der Waals surface area contributed by atoms with Gasteiger partial charge in [-0.3, -0.25) is 9.88 Å². The first-order valence-electron chi connectivity index (χ1n) is 9.29. The number of aromatic nitrogens is 1. The first kappa shape index (κ1) is 20.2. The van der Waals surface area contributed by atoms with E-state index in [1.165, 1.54) is 17.0 Å². The topological polar surface area (TPSA) is 79.5 Å². The molecular weight excluding hydrogens is 364 g/mol. The molecule has 0 unspecified atom stereocenters. The molecular formula is C21H25F2N3O2. The van der Waals surface area contributed by atoms with E-state index in [4.69, 9.17) is 5.73 Å². The van der Waals surface area contributed by atoms with E-state index in [0.29, 0.717) is 24.1 Å². The fraction of sp³-hybridized carbons (Fsp3) is 0.429. The molecule has 28 heavy (non-hydrogen) atoms. The number of nitrogens with two attached hydrogens (primary N) is 1.